The number of hydrogen-bond donors (Lipinski definition) is 0. The van der Waals surface area contributed by atoms with Gasteiger partial charge >= 0.3 is 0 Å². The maximum Gasteiger partial charge on any atom is 0.113 e. The number of rotatable bonds is 4. The highest BCUT2D eigenvalue weighted by atomic mass is 79.9. The number of benzene rings is 3. The highest BCUT2D eigenvalue weighted by Gasteiger charge is 2.23. The van der Waals surface area contributed by atoms with Gasteiger partial charge in [0, 0.05) is 16.4 Å². The molecule has 5 heteroatoms. The fourth-order valence-electron chi connectivity index (χ4n) is 3.73. The third-order valence-corrected chi connectivity index (χ3v) is 5.99. The van der Waals surface area contributed by atoms with Gasteiger partial charge < -0.3 is 4.90 Å². The van der Waals surface area contributed by atoms with E-state index in [-0.39, 0.29) is 0 Å². The fraction of sp³-hybridized carbons (Fsp3) is 0.0769. The summed E-state index contributed by atoms with van der Waals surface area (Å²) in [5.74, 6) is 0. The van der Waals surface area contributed by atoms with Crippen molar-refractivity contribution in [3.8, 4) is 11.1 Å². The van der Waals surface area contributed by atoms with Crippen LogP contribution in [-0.2, 0) is 0 Å². The molecule has 0 unspecified atom stereocenters. The molecule has 0 radical (unpaired) electrons. The summed E-state index contributed by atoms with van der Waals surface area (Å²) in [6.07, 6.45) is 1.81. The summed E-state index contributed by atoms with van der Waals surface area (Å²) in [5.41, 5.74) is 6.45. The molecule has 5 rings (SSSR count). The normalized spacial score (nSPS) is 13.8. The van der Waals surface area contributed by atoms with Crippen molar-refractivity contribution in [2.24, 2.45) is 5.10 Å². The summed E-state index contributed by atoms with van der Waals surface area (Å²) in [6.45, 7) is 1.35. The van der Waals surface area contributed by atoms with Gasteiger partial charge in [-0.2, -0.15) is 5.10 Å². The van der Waals surface area contributed by atoms with Gasteiger partial charge in [0.05, 0.1) is 17.9 Å². The molecule has 0 fully saturated rings. The molecule has 152 valence electrons. The van der Waals surface area contributed by atoms with E-state index < -0.39 is 0 Å². The van der Waals surface area contributed by atoms with E-state index in [4.69, 9.17) is 5.10 Å². The van der Waals surface area contributed by atoms with Crippen molar-refractivity contribution in [1.82, 2.24) is 4.98 Å². The third-order valence-electron chi connectivity index (χ3n) is 5.32. The van der Waals surface area contributed by atoms with E-state index in [0.717, 1.165) is 27.3 Å². The first-order valence-corrected chi connectivity index (χ1v) is 11.0. The number of para-hydroxylation sites is 1. The average molecular weight is 469 g/mol. The van der Waals surface area contributed by atoms with E-state index in [0.29, 0.717) is 13.2 Å². The predicted molar refractivity (Wildman–Crippen MR) is 131 cm³/mol. The van der Waals surface area contributed by atoms with Crippen molar-refractivity contribution in [2.45, 2.75) is 0 Å². The monoisotopic (exact) mass is 468 g/mol. The van der Waals surface area contributed by atoms with Gasteiger partial charge in [-0.3, -0.25) is 4.98 Å². The van der Waals surface area contributed by atoms with Crippen LogP contribution in [0.4, 0.5) is 11.4 Å². The van der Waals surface area contributed by atoms with Gasteiger partial charge in [0.2, 0.25) is 0 Å². The molecule has 1 aliphatic rings. The second kappa shape index (κ2) is 8.74. The second-order valence-electron chi connectivity index (χ2n) is 7.36. The summed E-state index contributed by atoms with van der Waals surface area (Å²) in [4.78, 5) is 6.86. The Morgan fingerprint density at radius 3 is 2.16 bits per heavy atom. The molecular formula is C26H21BrN4. The Bertz CT molecular complexity index is 1190. The maximum absolute atomic E-state index is 4.94. The Kier molecular flexibility index (Phi) is 5.50. The van der Waals surface area contributed by atoms with Gasteiger partial charge in [-0.1, -0.05) is 60.7 Å². The largest absolute Gasteiger partial charge is 0.346 e. The molecule has 4 nitrogen and oxygen atoms in total. The Morgan fingerprint density at radius 2 is 1.42 bits per heavy atom. The van der Waals surface area contributed by atoms with Gasteiger partial charge in [0.25, 0.3) is 0 Å². The van der Waals surface area contributed by atoms with Gasteiger partial charge in [-0.15, -0.1) is 0 Å². The molecule has 31 heavy (non-hydrogen) atoms. The molecule has 4 aromatic rings. The molecule has 0 saturated heterocycles. The number of hydrazone groups is 1. The number of halogens is 1. The predicted octanol–water partition coefficient (Wildman–Crippen LogP) is 6.20. The minimum Gasteiger partial charge on any atom is -0.346 e. The highest BCUT2D eigenvalue weighted by molar-refractivity contribution is 9.10. The molecule has 1 aliphatic heterocycles. The molecule has 0 N–H and O–H groups in total. The van der Waals surface area contributed by atoms with Crippen LogP contribution in [0, 0.1) is 0 Å². The van der Waals surface area contributed by atoms with E-state index >= 15 is 0 Å². The maximum atomic E-state index is 4.94. The zero-order chi connectivity index (χ0) is 21.0. The number of hydrogen-bond acceptors (Lipinski definition) is 4. The number of nitrogens with zero attached hydrogens (tertiary/aromatic N) is 4. The lowest BCUT2D eigenvalue weighted by Gasteiger charge is -2.36. The molecule has 0 amide bonds. The quantitative estimate of drug-likeness (QED) is 0.357. The summed E-state index contributed by atoms with van der Waals surface area (Å²) in [6, 6.07) is 33.3. The van der Waals surface area contributed by atoms with Crippen molar-refractivity contribution >= 4 is 33.0 Å². The van der Waals surface area contributed by atoms with Crippen LogP contribution in [0.3, 0.4) is 0 Å². The number of pyridine rings is 1. The first kappa shape index (κ1) is 19.5. The summed E-state index contributed by atoms with van der Waals surface area (Å²) in [5, 5.41) is 6.97. The molecule has 0 aliphatic carbocycles. The summed E-state index contributed by atoms with van der Waals surface area (Å²) < 4.78 is 1.01. The minimum atomic E-state index is 0.656. The van der Waals surface area contributed by atoms with Crippen LogP contribution in [0.2, 0.25) is 0 Å². The van der Waals surface area contributed by atoms with Crippen molar-refractivity contribution < 1.29 is 0 Å². The highest BCUT2D eigenvalue weighted by Crippen LogP contribution is 2.30. The van der Waals surface area contributed by atoms with Gasteiger partial charge in [0.15, 0.2) is 0 Å². The second-order valence-corrected chi connectivity index (χ2v) is 8.22. The van der Waals surface area contributed by atoms with Gasteiger partial charge in [-0.25, -0.2) is 5.01 Å². The van der Waals surface area contributed by atoms with E-state index in [1.54, 1.807) is 0 Å². The molecule has 0 saturated carbocycles. The minimum absolute atomic E-state index is 0.656. The molecule has 2 heterocycles. The van der Waals surface area contributed by atoms with Crippen molar-refractivity contribution in [3.05, 3.63) is 113 Å². The topological polar surface area (TPSA) is 31.7 Å². The standard InChI is InChI=1S/C26H21BrN4/c27-23-10-4-5-12-26(23)31-19-30(18-25(29-31)24-11-6-7-17-28-24)22-15-13-21(14-16-22)20-8-2-1-3-9-20/h1-17H,18-19H2. The Morgan fingerprint density at radius 1 is 0.710 bits per heavy atom. The first-order chi connectivity index (χ1) is 15.3. The summed E-state index contributed by atoms with van der Waals surface area (Å²) >= 11 is 3.67. The molecule has 0 spiro atoms. The molecule has 0 atom stereocenters. The average Bonchev–Trinajstić information content (AvgIpc) is 2.85. The van der Waals surface area contributed by atoms with E-state index in [1.807, 2.05) is 53.7 Å². The third kappa shape index (κ3) is 4.23. The first-order valence-electron chi connectivity index (χ1n) is 10.2. The van der Waals surface area contributed by atoms with E-state index in [1.165, 1.54) is 11.1 Å². The van der Waals surface area contributed by atoms with Crippen LogP contribution in [0.1, 0.15) is 5.69 Å². The van der Waals surface area contributed by atoms with Crippen molar-refractivity contribution in [1.29, 1.82) is 0 Å². The van der Waals surface area contributed by atoms with Crippen LogP contribution in [0.5, 0.6) is 0 Å². The zero-order valence-corrected chi connectivity index (χ0v) is 18.5. The molecule has 3 aromatic carbocycles. The van der Waals surface area contributed by atoms with Gasteiger partial charge in [0.1, 0.15) is 12.4 Å². The fourth-order valence-corrected chi connectivity index (χ4v) is 4.22. The number of aromatic nitrogens is 1. The van der Waals surface area contributed by atoms with E-state index in [2.05, 4.69) is 80.4 Å². The van der Waals surface area contributed by atoms with Crippen LogP contribution in [0.15, 0.2) is 113 Å². The lowest BCUT2D eigenvalue weighted by atomic mass is 10.1. The smallest absolute Gasteiger partial charge is 0.113 e. The SMILES string of the molecule is Brc1ccccc1N1CN(c2ccc(-c3ccccc3)cc2)CC(c2ccccn2)=N1. The Hall–Kier alpha value is -3.44. The molecule has 0 bridgehead atoms. The van der Waals surface area contributed by atoms with Crippen LogP contribution in [-0.4, -0.2) is 23.9 Å². The van der Waals surface area contributed by atoms with Crippen molar-refractivity contribution in [2.75, 3.05) is 23.1 Å². The number of anilines is 2. The van der Waals surface area contributed by atoms with Crippen LogP contribution in [0.25, 0.3) is 11.1 Å². The Balaban J connectivity index is 1.49. The lowest BCUT2D eigenvalue weighted by Crippen LogP contribution is -2.44. The molecular weight excluding hydrogens is 448 g/mol. The zero-order valence-electron chi connectivity index (χ0n) is 16.9. The van der Waals surface area contributed by atoms with Crippen molar-refractivity contribution in [3.63, 3.8) is 0 Å². The summed E-state index contributed by atoms with van der Waals surface area (Å²) in [7, 11) is 0. The Labute approximate surface area is 190 Å². The van der Waals surface area contributed by atoms with Gasteiger partial charge in [-0.05, 0) is 63.5 Å². The van der Waals surface area contributed by atoms with Crippen LogP contribution < -0.4 is 9.91 Å². The van der Waals surface area contributed by atoms with Crippen LogP contribution >= 0.6 is 15.9 Å². The molecule has 1 aromatic heterocycles. The van der Waals surface area contributed by atoms with E-state index in [9.17, 15) is 0 Å². The lowest BCUT2D eigenvalue weighted by molar-refractivity contribution is 0.755.